The minimum Gasteiger partial charge on any atom is -0.315 e. The number of nitrogens with one attached hydrogen (secondary N) is 1. The molecule has 1 fully saturated rings. The van der Waals surface area contributed by atoms with Crippen molar-refractivity contribution in [2.24, 2.45) is 0 Å². The first-order chi connectivity index (χ1) is 6.83. The molecule has 0 saturated heterocycles. The normalized spacial score (nSPS) is 20.1. The molecule has 0 radical (unpaired) electrons. The van der Waals surface area contributed by atoms with Crippen LogP contribution < -0.4 is 5.32 Å². The summed E-state index contributed by atoms with van der Waals surface area (Å²) in [6.45, 7) is 4.63. The fourth-order valence-corrected chi connectivity index (χ4v) is 3.60. The highest BCUT2D eigenvalue weighted by atomic mass is 32.2. The Morgan fingerprint density at radius 3 is 2.57 bits per heavy atom. The van der Waals surface area contributed by atoms with Gasteiger partial charge in [0.15, 0.2) is 0 Å². The van der Waals surface area contributed by atoms with Gasteiger partial charge in [0.05, 0.1) is 0 Å². The van der Waals surface area contributed by atoms with Crippen molar-refractivity contribution in [1.29, 1.82) is 0 Å². The van der Waals surface area contributed by atoms with Crippen molar-refractivity contribution in [2.45, 2.75) is 37.4 Å². The molecule has 0 bridgehead atoms. The molecule has 0 atom stereocenters. The van der Waals surface area contributed by atoms with E-state index in [1.54, 1.807) is 0 Å². The lowest BCUT2D eigenvalue weighted by Crippen LogP contribution is -2.36. The third kappa shape index (κ3) is 4.03. The fraction of sp³-hybridized carbons (Fsp3) is 1.00. The number of rotatable bonds is 7. The van der Waals surface area contributed by atoms with Crippen molar-refractivity contribution in [2.75, 3.05) is 30.9 Å². The van der Waals surface area contributed by atoms with E-state index in [4.69, 9.17) is 0 Å². The molecule has 1 N–H and O–H groups in total. The first-order valence-electron chi connectivity index (χ1n) is 5.66. The minimum atomic E-state index is 0.580. The summed E-state index contributed by atoms with van der Waals surface area (Å²) in [4.78, 5) is 0. The summed E-state index contributed by atoms with van der Waals surface area (Å²) in [7, 11) is 0. The molecule has 0 aromatic heterocycles. The second kappa shape index (κ2) is 7.02. The molecule has 1 rings (SSSR count). The molecule has 84 valence electrons. The highest BCUT2D eigenvalue weighted by Gasteiger charge is 2.32. The van der Waals surface area contributed by atoms with E-state index in [0.29, 0.717) is 4.75 Å². The average Bonchev–Trinajstić information content (AvgIpc) is 2.67. The molecular weight excluding hydrogens is 210 g/mol. The van der Waals surface area contributed by atoms with E-state index in [2.05, 4.69) is 30.3 Å². The van der Waals surface area contributed by atoms with Crippen LogP contribution in [0.1, 0.15) is 32.6 Å². The van der Waals surface area contributed by atoms with Gasteiger partial charge in [0.1, 0.15) is 0 Å². The fourth-order valence-electron chi connectivity index (χ4n) is 2.08. The number of hydrogen-bond acceptors (Lipinski definition) is 3. The van der Waals surface area contributed by atoms with Crippen LogP contribution in [-0.4, -0.2) is 35.6 Å². The van der Waals surface area contributed by atoms with Crippen molar-refractivity contribution in [3.63, 3.8) is 0 Å². The van der Waals surface area contributed by atoms with Crippen molar-refractivity contribution in [3.8, 4) is 0 Å². The van der Waals surface area contributed by atoms with Gasteiger partial charge in [-0.3, -0.25) is 0 Å². The monoisotopic (exact) mass is 233 g/mol. The Bertz CT molecular complexity index is 144. The lowest BCUT2D eigenvalue weighted by molar-refractivity contribution is 0.547. The lowest BCUT2D eigenvalue weighted by Gasteiger charge is -2.27. The van der Waals surface area contributed by atoms with Crippen LogP contribution in [0.2, 0.25) is 0 Å². The molecule has 0 aromatic carbocycles. The average molecular weight is 233 g/mol. The Balaban J connectivity index is 2.08. The van der Waals surface area contributed by atoms with Gasteiger partial charge in [0.25, 0.3) is 0 Å². The van der Waals surface area contributed by atoms with Gasteiger partial charge in [-0.2, -0.15) is 23.5 Å². The highest BCUT2D eigenvalue weighted by Crippen LogP contribution is 2.39. The van der Waals surface area contributed by atoms with Crippen LogP contribution in [0.5, 0.6) is 0 Å². The zero-order chi connectivity index (χ0) is 10.3. The van der Waals surface area contributed by atoms with E-state index in [1.165, 1.54) is 50.3 Å². The van der Waals surface area contributed by atoms with E-state index in [1.807, 2.05) is 11.8 Å². The molecule has 0 aromatic rings. The van der Waals surface area contributed by atoms with E-state index in [0.717, 1.165) is 0 Å². The van der Waals surface area contributed by atoms with E-state index < -0.39 is 0 Å². The SMILES string of the molecule is CCSCCNCC1(SC)CCCC1. The summed E-state index contributed by atoms with van der Waals surface area (Å²) in [5.41, 5.74) is 0. The Labute approximate surface area is 97.2 Å². The van der Waals surface area contributed by atoms with Gasteiger partial charge in [-0.25, -0.2) is 0 Å². The molecule has 1 aliphatic carbocycles. The maximum Gasteiger partial charge on any atom is 0.0281 e. The summed E-state index contributed by atoms with van der Waals surface area (Å²) in [5.74, 6) is 2.51. The molecule has 0 heterocycles. The van der Waals surface area contributed by atoms with Crippen LogP contribution in [0.4, 0.5) is 0 Å². The van der Waals surface area contributed by atoms with Crippen molar-refractivity contribution >= 4 is 23.5 Å². The molecule has 1 nitrogen and oxygen atoms in total. The van der Waals surface area contributed by atoms with Gasteiger partial charge in [-0.1, -0.05) is 19.8 Å². The summed E-state index contributed by atoms with van der Waals surface area (Å²) >= 11 is 4.10. The second-order valence-electron chi connectivity index (χ2n) is 3.97. The van der Waals surface area contributed by atoms with E-state index >= 15 is 0 Å². The van der Waals surface area contributed by atoms with E-state index in [-0.39, 0.29) is 0 Å². The first kappa shape index (κ1) is 12.7. The maximum absolute atomic E-state index is 3.61. The largest absolute Gasteiger partial charge is 0.315 e. The quantitative estimate of drug-likeness (QED) is 0.679. The maximum atomic E-state index is 3.61. The molecule has 14 heavy (non-hydrogen) atoms. The summed E-state index contributed by atoms with van der Waals surface area (Å²) in [5, 5.41) is 3.61. The second-order valence-corrected chi connectivity index (χ2v) is 6.64. The third-order valence-electron chi connectivity index (χ3n) is 3.02. The number of thioether (sulfide) groups is 2. The number of hydrogen-bond donors (Lipinski definition) is 1. The molecule has 0 spiro atoms. The van der Waals surface area contributed by atoms with Gasteiger partial charge in [0.2, 0.25) is 0 Å². The minimum absolute atomic E-state index is 0.580. The highest BCUT2D eigenvalue weighted by molar-refractivity contribution is 8.00. The molecule has 1 saturated carbocycles. The molecule has 0 amide bonds. The predicted molar refractivity (Wildman–Crippen MR) is 70.6 cm³/mol. The van der Waals surface area contributed by atoms with Gasteiger partial charge in [-0.05, 0) is 24.9 Å². The van der Waals surface area contributed by atoms with Crippen LogP contribution in [-0.2, 0) is 0 Å². The van der Waals surface area contributed by atoms with Gasteiger partial charge in [-0.15, -0.1) is 0 Å². The Morgan fingerprint density at radius 2 is 2.00 bits per heavy atom. The van der Waals surface area contributed by atoms with Crippen LogP contribution in [0.25, 0.3) is 0 Å². The van der Waals surface area contributed by atoms with E-state index in [9.17, 15) is 0 Å². The van der Waals surface area contributed by atoms with Crippen LogP contribution in [0.3, 0.4) is 0 Å². The van der Waals surface area contributed by atoms with Gasteiger partial charge < -0.3 is 5.32 Å². The van der Waals surface area contributed by atoms with Crippen molar-refractivity contribution < 1.29 is 0 Å². The standard InChI is InChI=1S/C11H23NS2/c1-3-14-9-8-12-10-11(13-2)6-4-5-7-11/h12H,3-10H2,1-2H3. The zero-order valence-corrected chi connectivity index (χ0v) is 11.1. The molecule has 3 heteroatoms. The van der Waals surface area contributed by atoms with Crippen molar-refractivity contribution in [1.82, 2.24) is 5.32 Å². The summed E-state index contributed by atoms with van der Waals surface area (Å²) < 4.78 is 0.580. The molecule has 0 aliphatic heterocycles. The van der Waals surface area contributed by atoms with Gasteiger partial charge >= 0.3 is 0 Å². The molecule has 0 unspecified atom stereocenters. The van der Waals surface area contributed by atoms with Crippen LogP contribution >= 0.6 is 23.5 Å². The smallest absolute Gasteiger partial charge is 0.0281 e. The summed E-state index contributed by atoms with van der Waals surface area (Å²) in [6.07, 6.45) is 7.98. The van der Waals surface area contributed by atoms with Gasteiger partial charge in [0, 0.05) is 23.6 Å². The van der Waals surface area contributed by atoms with Crippen LogP contribution in [0.15, 0.2) is 0 Å². The van der Waals surface area contributed by atoms with Crippen molar-refractivity contribution in [3.05, 3.63) is 0 Å². The first-order valence-corrected chi connectivity index (χ1v) is 8.04. The molecule has 1 aliphatic rings. The third-order valence-corrected chi connectivity index (χ3v) is 5.34. The molecular formula is C11H23NS2. The van der Waals surface area contributed by atoms with Crippen LogP contribution in [0, 0.1) is 0 Å². The Morgan fingerprint density at radius 1 is 1.29 bits per heavy atom. The Kier molecular flexibility index (Phi) is 6.38. The zero-order valence-electron chi connectivity index (χ0n) is 9.47. The lowest BCUT2D eigenvalue weighted by atomic mass is 10.1. The predicted octanol–water partition coefficient (Wildman–Crippen LogP) is 3.00. The summed E-state index contributed by atoms with van der Waals surface area (Å²) in [6, 6.07) is 0. The Hall–Kier alpha value is 0.660. The topological polar surface area (TPSA) is 12.0 Å².